The van der Waals surface area contributed by atoms with Crippen LogP contribution in [0.3, 0.4) is 0 Å². The van der Waals surface area contributed by atoms with Gasteiger partial charge in [0.25, 0.3) is 0 Å². The molecule has 1 aromatic carbocycles. The molecule has 1 amide bonds. The van der Waals surface area contributed by atoms with E-state index in [1.807, 2.05) is 19.2 Å². The lowest BCUT2D eigenvalue weighted by molar-refractivity contribution is -0.0350. The molecule has 0 saturated carbocycles. The summed E-state index contributed by atoms with van der Waals surface area (Å²) in [5.41, 5.74) is 1.14. The lowest BCUT2D eigenvalue weighted by Gasteiger charge is -2.44. The minimum Gasteiger partial charge on any atom is -0.478 e. The molecular formula is C21H25N3O4S. The van der Waals surface area contributed by atoms with Crippen molar-refractivity contribution in [3.8, 4) is 10.6 Å². The summed E-state index contributed by atoms with van der Waals surface area (Å²) in [5.74, 6) is -0.489. The maximum Gasteiger partial charge on any atom is 0.408 e. The number of rotatable bonds is 5. The quantitative estimate of drug-likeness (QED) is 0.776. The first-order valence-corrected chi connectivity index (χ1v) is 10.7. The van der Waals surface area contributed by atoms with E-state index in [-0.39, 0.29) is 11.7 Å². The Bertz CT molecular complexity index is 901. The van der Waals surface area contributed by atoms with E-state index in [0.717, 1.165) is 48.7 Å². The molecule has 3 aliphatic rings. The molecular weight excluding hydrogens is 390 g/mol. The van der Waals surface area contributed by atoms with Gasteiger partial charge in [-0.25, -0.2) is 14.6 Å². The van der Waals surface area contributed by atoms with Gasteiger partial charge in [0, 0.05) is 17.5 Å². The van der Waals surface area contributed by atoms with Crippen LogP contribution in [-0.4, -0.2) is 52.8 Å². The van der Waals surface area contributed by atoms with Crippen molar-refractivity contribution in [2.24, 2.45) is 5.92 Å². The average molecular weight is 416 g/mol. The van der Waals surface area contributed by atoms with Crippen LogP contribution in [0.25, 0.3) is 10.6 Å². The van der Waals surface area contributed by atoms with Crippen molar-refractivity contribution in [2.45, 2.75) is 38.3 Å². The van der Waals surface area contributed by atoms with E-state index < -0.39 is 17.6 Å². The molecule has 1 aromatic heterocycles. The van der Waals surface area contributed by atoms with Gasteiger partial charge in [-0.1, -0.05) is 12.1 Å². The summed E-state index contributed by atoms with van der Waals surface area (Å²) in [6.07, 6.45) is 1.75. The number of hydrogen-bond donors (Lipinski definition) is 2. The number of carbonyl (C=O) groups excluding carboxylic acids is 1. The van der Waals surface area contributed by atoms with Gasteiger partial charge in [0.05, 0.1) is 16.8 Å². The van der Waals surface area contributed by atoms with Crippen molar-refractivity contribution in [2.75, 3.05) is 19.6 Å². The molecule has 154 valence electrons. The second kappa shape index (κ2) is 7.76. The topological polar surface area (TPSA) is 91.8 Å². The highest BCUT2D eigenvalue weighted by molar-refractivity contribution is 7.13. The van der Waals surface area contributed by atoms with Crippen molar-refractivity contribution in [1.82, 2.24) is 15.2 Å². The third-order valence-electron chi connectivity index (χ3n) is 5.79. The lowest BCUT2D eigenvalue weighted by atomic mass is 9.86. The number of alkyl carbamates (subject to hydrolysis) is 1. The summed E-state index contributed by atoms with van der Waals surface area (Å²) in [4.78, 5) is 30.5. The molecule has 0 aliphatic carbocycles. The predicted octanol–water partition coefficient (Wildman–Crippen LogP) is 3.56. The first-order valence-electron chi connectivity index (χ1n) is 9.83. The second-order valence-electron chi connectivity index (χ2n) is 8.25. The number of thiazole rings is 1. The molecule has 3 fully saturated rings. The SMILES string of the molecule is CC(C)(NC(=O)O[C@@H]1CN2CCC1CC2)c1csc(-c2ccc(C(=O)O)cc2)n1. The highest BCUT2D eigenvalue weighted by Crippen LogP contribution is 2.31. The Morgan fingerprint density at radius 1 is 1.24 bits per heavy atom. The predicted molar refractivity (Wildman–Crippen MR) is 110 cm³/mol. The number of ether oxygens (including phenoxy) is 1. The van der Waals surface area contributed by atoms with Gasteiger partial charge in [0.1, 0.15) is 11.1 Å². The van der Waals surface area contributed by atoms with Crippen LogP contribution in [0.5, 0.6) is 0 Å². The molecule has 2 bridgehead atoms. The Morgan fingerprint density at radius 3 is 2.52 bits per heavy atom. The van der Waals surface area contributed by atoms with E-state index in [1.165, 1.54) is 11.3 Å². The van der Waals surface area contributed by atoms with Crippen LogP contribution in [0.4, 0.5) is 4.79 Å². The number of carbonyl (C=O) groups is 2. The van der Waals surface area contributed by atoms with Crippen LogP contribution >= 0.6 is 11.3 Å². The largest absolute Gasteiger partial charge is 0.478 e. The van der Waals surface area contributed by atoms with E-state index in [9.17, 15) is 9.59 Å². The van der Waals surface area contributed by atoms with Gasteiger partial charge in [-0.2, -0.15) is 0 Å². The van der Waals surface area contributed by atoms with Crippen LogP contribution in [-0.2, 0) is 10.3 Å². The average Bonchev–Trinajstić information content (AvgIpc) is 3.20. The molecule has 0 radical (unpaired) electrons. The van der Waals surface area contributed by atoms with Crippen molar-refractivity contribution in [3.05, 3.63) is 40.9 Å². The van der Waals surface area contributed by atoms with E-state index in [4.69, 9.17) is 9.84 Å². The fourth-order valence-electron chi connectivity index (χ4n) is 3.98. The molecule has 3 aliphatic heterocycles. The highest BCUT2D eigenvalue weighted by atomic mass is 32.1. The molecule has 29 heavy (non-hydrogen) atoms. The minimum atomic E-state index is -0.955. The smallest absolute Gasteiger partial charge is 0.408 e. The summed E-state index contributed by atoms with van der Waals surface area (Å²) in [6.45, 7) is 6.83. The number of piperidine rings is 3. The number of fused-ring (bicyclic) bond motifs is 3. The van der Waals surface area contributed by atoms with Crippen molar-refractivity contribution in [3.63, 3.8) is 0 Å². The van der Waals surface area contributed by atoms with Gasteiger partial charge in [-0.05, 0) is 57.8 Å². The first-order chi connectivity index (χ1) is 13.8. The molecule has 8 heteroatoms. The maximum atomic E-state index is 12.5. The number of carboxylic acid groups (broad SMARTS) is 1. The zero-order chi connectivity index (χ0) is 20.6. The molecule has 0 unspecified atom stereocenters. The summed E-state index contributed by atoms with van der Waals surface area (Å²) in [7, 11) is 0. The first kappa shape index (κ1) is 19.8. The Kier molecular flexibility index (Phi) is 5.31. The van der Waals surface area contributed by atoms with E-state index in [2.05, 4.69) is 15.2 Å². The van der Waals surface area contributed by atoms with Crippen molar-refractivity contribution >= 4 is 23.4 Å². The summed E-state index contributed by atoms with van der Waals surface area (Å²) >= 11 is 1.46. The number of hydrogen-bond acceptors (Lipinski definition) is 6. The molecule has 2 N–H and O–H groups in total. The normalized spacial score (nSPS) is 23.6. The van der Waals surface area contributed by atoms with Crippen LogP contribution in [0.15, 0.2) is 29.6 Å². The number of nitrogens with one attached hydrogen (secondary N) is 1. The second-order valence-corrected chi connectivity index (χ2v) is 9.11. The number of aromatic carboxylic acids is 1. The van der Waals surface area contributed by atoms with Gasteiger partial charge in [0.15, 0.2) is 0 Å². The Morgan fingerprint density at radius 2 is 1.93 bits per heavy atom. The number of amides is 1. The number of benzene rings is 1. The van der Waals surface area contributed by atoms with Crippen LogP contribution in [0.1, 0.15) is 42.7 Å². The minimum absolute atomic E-state index is 0.0351. The molecule has 7 nitrogen and oxygen atoms in total. The Balaban J connectivity index is 1.41. The number of nitrogens with zero attached hydrogens (tertiary/aromatic N) is 2. The molecule has 0 spiro atoms. The third kappa shape index (κ3) is 4.28. The maximum absolute atomic E-state index is 12.5. The Hall–Kier alpha value is -2.45. The van der Waals surface area contributed by atoms with Crippen LogP contribution in [0.2, 0.25) is 0 Å². The molecule has 5 rings (SSSR count). The fraction of sp³-hybridized carbons (Fsp3) is 0.476. The van der Waals surface area contributed by atoms with E-state index >= 15 is 0 Å². The van der Waals surface area contributed by atoms with Gasteiger partial charge >= 0.3 is 12.1 Å². The van der Waals surface area contributed by atoms with E-state index in [1.54, 1.807) is 24.3 Å². The van der Waals surface area contributed by atoms with Gasteiger partial charge in [-0.3, -0.25) is 4.90 Å². The Labute approximate surface area is 173 Å². The summed E-state index contributed by atoms with van der Waals surface area (Å²) < 4.78 is 5.74. The standard InChI is InChI=1S/C21H25N3O4S/c1-21(2,23-20(27)28-16-11-24-9-7-13(16)8-10-24)17-12-29-18(22-17)14-3-5-15(6-4-14)19(25)26/h3-6,12-13,16H,7-11H2,1-2H3,(H,23,27)(H,25,26)/t16-/m1/s1. The van der Waals surface area contributed by atoms with Crippen LogP contribution in [0, 0.1) is 5.92 Å². The zero-order valence-electron chi connectivity index (χ0n) is 16.6. The monoisotopic (exact) mass is 415 g/mol. The lowest BCUT2D eigenvalue weighted by Crippen LogP contribution is -2.53. The third-order valence-corrected chi connectivity index (χ3v) is 6.68. The highest BCUT2D eigenvalue weighted by Gasteiger charge is 2.37. The van der Waals surface area contributed by atoms with Crippen molar-refractivity contribution < 1.29 is 19.4 Å². The van der Waals surface area contributed by atoms with Gasteiger partial charge in [0.2, 0.25) is 0 Å². The molecule has 1 atom stereocenters. The van der Waals surface area contributed by atoms with E-state index in [0.29, 0.717) is 5.92 Å². The van der Waals surface area contributed by atoms with Crippen molar-refractivity contribution in [1.29, 1.82) is 0 Å². The number of aromatic nitrogens is 1. The molecule has 2 aromatic rings. The molecule has 4 heterocycles. The number of carboxylic acids is 1. The van der Waals surface area contributed by atoms with Gasteiger partial charge in [-0.15, -0.1) is 11.3 Å². The van der Waals surface area contributed by atoms with Crippen LogP contribution < -0.4 is 5.32 Å². The van der Waals surface area contributed by atoms with Gasteiger partial charge < -0.3 is 15.2 Å². The summed E-state index contributed by atoms with van der Waals surface area (Å²) in [6, 6.07) is 6.61. The zero-order valence-corrected chi connectivity index (χ0v) is 17.4. The fourth-order valence-corrected chi connectivity index (χ4v) is 4.97. The molecule has 3 saturated heterocycles. The summed E-state index contributed by atoms with van der Waals surface area (Å²) in [5, 5.41) is 14.7.